The summed E-state index contributed by atoms with van der Waals surface area (Å²) in [7, 11) is 0. The number of aryl methyl sites for hydroxylation is 1. The molecule has 26 heavy (non-hydrogen) atoms. The minimum absolute atomic E-state index is 0.0343. The van der Waals surface area contributed by atoms with Crippen LogP contribution in [0.1, 0.15) is 19.3 Å². The number of fused-ring (bicyclic) bond motifs is 1. The van der Waals surface area contributed by atoms with Crippen molar-refractivity contribution in [3.05, 3.63) is 40.9 Å². The fraction of sp³-hybridized carbons (Fsp3) is 0.526. The number of benzene rings is 1. The van der Waals surface area contributed by atoms with E-state index in [1.807, 2.05) is 18.2 Å². The van der Waals surface area contributed by atoms with Crippen molar-refractivity contribution in [2.24, 2.45) is 0 Å². The monoisotopic (exact) mass is 356 g/mol. The molecule has 1 amide bonds. The lowest BCUT2D eigenvalue weighted by Crippen LogP contribution is -2.50. The molecule has 2 aliphatic heterocycles. The van der Waals surface area contributed by atoms with E-state index in [2.05, 4.69) is 15.2 Å². The van der Waals surface area contributed by atoms with Crippen molar-refractivity contribution in [3.8, 4) is 0 Å². The summed E-state index contributed by atoms with van der Waals surface area (Å²) in [4.78, 5) is 31.6. The van der Waals surface area contributed by atoms with Crippen LogP contribution in [0, 0.1) is 0 Å². The Morgan fingerprint density at radius 1 is 1.23 bits per heavy atom. The summed E-state index contributed by atoms with van der Waals surface area (Å²) in [5.74, 6) is -0.0512. The van der Waals surface area contributed by atoms with Crippen molar-refractivity contribution in [1.29, 1.82) is 0 Å². The van der Waals surface area contributed by atoms with Crippen molar-refractivity contribution >= 4 is 16.8 Å². The number of amides is 1. The standard InChI is InChI=1S/C19H24N4O3/c24-18(21-16-11-26-12-17(16)22-8-3-4-9-22)7-10-23-13-20-15-6-2-1-5-14(15)19(23)25/h1-2,5-6,13,16-17H,3-4,7-12H2,(H,21,24)/t16-,17-/m0/s1. The highest BCUT2D eigenvalue weighted by molar-refractivity contribution is 5.77. The van der Waals surface area contributed by atoms with Gasteiger partial charge in [0, 0.05) is 13.0 Å². The fourth-order valence-corrected chi connectivity index (χ4v) is 3.88. The lowest BCUT2D eigenvalue weighted by atomic mass is 10.1. The van der Waals surface area contributed by atoms with Gasteiger partial charge in [-0.15, -0.1) is 0 Å². The van der Waals surface area contributed by atoms with Crippen molar-refractivity contribution in [3.63, 3.8) is 0 Å². The summed E-state index contributed by atoms with van der Waals surface area (Å²) in [6.07, 6.45) is 4.21. The lowest BCUT2D eigenvalue weighted by Gasteiger charge is -2.27. The molecule has 0 saturated carbocycles. The van der Waals surface area contributed by atoms with Crippen LogP contribution in [0.25, 0.3) is 10.9 Å². The average molecular weight is 356 g/mol. The molecule has 3 heterocycles. The number of hydrogen-bond acceptors (Lipinski definition) is 5. The Bertz CT molecular complexity index is 844. The van der Waals surface area contributed by atoms with Crippen LogP contribution in [0.5, 0.6) is 0 Å². The molecule has 2 aliphatic rings. The zero-order valence-corrected chi connectivity index (χ0v) is 14.8. The first-order valence-corrected chi connectivity index (χ1v) is 9.28. The van der Waals surface area contributed by atoms with Gasteiger partial charge in [0.05, 0.1) is 42.5 Å². The Labute approximate surface area is 152 Å². The number of nitrogens with one attached hydrogen (secondary N) is 1. The molecule has 0 spiro atoms. The minimum atomic E-state index is -0.109. The number of nitrogens with zero attached hydrogens (tertiary/aromatic N) is 3. The molecule has 4 rings (SSSR count). The molecular weight excluding hydrogens is 332 g/mol. The van der Waals surface area contributed by atoms with Gasteiger partial charge in [0.1, 0.15) is 0 Å². The third-order valence-electron chi connectivity index (χ3n) is 5.32. The van der Waals surface area contributed by atoms with Gasteiger partial charge in [-0.1, -0.05) is 12.1 Å². The van der Waals surface area contributed by atoms with Gasteiger partial charge in [0.15, 0.2) is 0 Å². The number of rotatable bonds is 5. The van der Waals surface area contributed by atoms with E-state index in [1.165, 1.54) is 23.7 Å². The van der Waals surface area contributed by atoms with Gasteiger partial charge in [-0.2, -0.15) is 0 Å². The van der Waals surface area contributed by atoms with Crippen molar-refractivity contribution in [2.45, 2.75) is 37.9 Å². The molecule has 138 valence electrons. The summed E-state index contributed by atoms with van der Waals surface area (Å²) >= 11 is 0. The predicted octanol–water partition coefficient (Wildman–Crippen LogP) is 0.766. The van der Waals surface area contributed by atoms with Crippen LogP contribution in [-0.2, 0) is 16.1 Å². The Hall–Kier alpha value is -2.25. The van der Waals surface area contributed by atoms with Crippen LogP contribution >= 0.6 is 0 Å². The first-order chi connectivity index (χ1) is 12.7. The van der Waals surface area contributed by atoms with Crippen molar-refractivity contribution in [1.82, 2.24) is 19.8 Å². The van der Waals surface area contributed by atoms with Gasteiger partial charge in [0.25, 0.3) is 5.56 Å². The molecule has 0 aliphatic carbocycles. The first kappa shape index (κ1) is 17.2. The van der Waals surface area contributed by atoms with Gasteiger partial charge >= 0.3 is 0 Å². The third kappa shape index (κ3) is 3.50. The lowest BCUT2D eigenvalue weighted by molar-refractivity contribution is -0.122. The maximum absolute atomic E-state index is 12.5. The number of likely N-dealkylation sites (tertiary alicyclic amines) is 1. The maximum atomic E-state index is 12.5. The second kappa shape index (κ2) is 7.55. The Morgan fingerprint density at radius 2 is 2.04 bits per heavy atom. The van der Waals surface area contributed by atoms with Gasteiger partial charge in [-0.05, 0) is 38.1 Å². The van der Waals surface area contributed by atoms with Gasteiger partial charge in [0.2, 0.25) is 5.91 Å². The zero-order chi connectivity index (χ0) is 17.9. The summed E-state index contributed by atoms with van der Waals surface area (Å²) in [5, 5.41) is 3.67. The van der Waals surface area contributed by atoms with Crippen LogP contribution in [0.3, 0.4) is 0 Å². The van der Waals surface area contributed by atoms with E-state index in [4.69, 9.17) is 4.74 Å². The van der Waals surface area contributed by atoms with E-state index < -0.39 is 0 Å². The average Bonchev–Trinajstić information content (AvgIpc) is 3.33. The summed E-state index contributed by atoms with van der Waals surface area (Å²) in [6, 6.07) is 7.55. The number of carbonyl (C=O) groups is 1. The summed E-state index contributed by atoms with van der Waals surface area (Å²) in [6.45, 7) is 3.73. The summed E-state index contributed by atoms with van der Waals surface area (Å²) < 4.78 is 7.10. The summed E-state index contributed by atoms with van der Waals surface area (Å²) in [5.41, 5.74) is 0.567. The Morgan fingerprint density at radius 3 is 2.88 bits per heavy atom. The number of aromatic nitrogens is 2. The first-order valence-electron chi connectivity index (χ1n) is 9.28. The largest absolute Gasteiger partial charge is 0.378 e. The van der Waals surface area contributed by atoms with Gasteiger partial charge in [-0.25, -0.2) is 4.98 Å². The SMILES string of the molecule is O=C(CCn1cnc2ccccc2c1=O)N[C@H]1COC[C@@H]1N1CCCC1. The molecule has 2 aromatic rings. The predicted molar refractivity (Wildman–Crippen MR) is 98.0 cm³/mol. The van der Waals surface area contributed by atoms with Gasteiger partial charge < -0.3 is 10.1 Å². The van der Waals surface area contributed by atoms with Crippen molar-refractivity contribution < 1.29 is 9.53 Å². The second-order valence-corrected chi connectivity index (χ2v) is 7.03. The quantitative estimate of drug-likeness (QED) is 0.856. The van der Waals surface area contributed by atoms with Crippen molar-refractivity contribution in [2.75, 3.05) is 26.3 Å². The van der Waals surface area contributed by atoms with Crippen LogP contribution in [-0.4, -0.2) is 58.7 Å². The Balaban J connectivity index is 1.37. The fourth-order valence-electron chi connectivity index (χ4n) is 3.88. The van der Waals surface area contributed by atoms with E-state index >= 15 is 0 Å². The van der Waals surface area contributed by atoms with E-state index in [0.29, 0.717) is 30.7 Å². The van der Waals surface area contributed by atoms with E-state index in [1.54, 1.807) is 6.07 Å². The number of ether oxygens (including phenoxy) is 1. The molecule has 0 radical (unpaired) electrons. The highest BCUT2D eigenvalue weighted by Gasteiger charge is 2.35. The van der Waals surface area contributed by atoms with Crippen LogP contribution < -0.4 is 10.9 Å². The highest BCUT2D eigenvalue weighted by atomic mass is 16.5. The molecule has 2 atom stereocenters. The molecule has 7 nitrogen and oxygen atoms in total. The topological polar surface area (TPSA) is 76.5 Å². The van der Waals surface area contributed by atoms with Gasteiger partial charge in [-0.3, -0.25) is 19.1 Å². The molecule has 2 saturated heterocycles. The zero-order valence-electron chi connectivity index (χ0n) is 14.8. The molecule has 0 unspecified atom stereocenters. The molecule has 1 aromatic heterocycles. The maximum Gasteiger partial charge on any atom is 0.261 e. The van der Waals surface area contributed by atoms with Crippen LogP contribution in [0.2, 0.25) is 0 Å². The molecule has 2 fully saturated rings. The number of hydrogen-bond donors (Lipinski definition) is 1. The van der Waals surface area contributed by atoms with Crippen LogP contribution in [0.15, 0.2) is 35.4 Å². The minimum Gasteiger partial charge on any atom is -0.378 e. The molecule has 0 bridgehead atoms. The molecule has 1 aromatic carbocycles. The third-order valence-corrected chi connectivity index (χ3v) is 5.32. The second-order valence-electron chi connectivity index (χ2n) is 7.03. The van der Waals surface area contributed by atoms with Crippen LogP contribution in [0.4, 0.5) is 0 Å². The number of para-hydroxylation sites is 1. The Kier molecular flexibility index (Phi) is 4.99. The molecule has 7 heteroatoms. The molecule has 1 N–H and O–H groups in total. The van der Waals surface area contributed by atoms with E-state index in [9.17, 15) is 9.59 Å². The molecular formula is C19H24N4O3. The smallest absolute Gasteiger partial charge is 0.261 e. The normalized spacial score (nSPS) is 23.5. The van der Waals surface area contributed by atoms with E-state index in [-0.39, 0.29) is 30.0 Å². The number of carbonyl (C=O) groups excluding carboxylic acids is 1. The highest BCUT2D eigenvalue weighted by Crippen LogP contribution is 2.19. The van der Waals surface area contributed by atoms with E-state index in [0.717, 1.165) is 13.1 Å².